The fraction of sp³-hybridized carbons (Fsp3) is 0.500. The van der Waals surface area contributed by atoms with Crippen molar-refractivity contribution >= 4 is 27.5 Å². The molecule has 1 aromatic carbocycles. The van der Waals surface area contributed by atoms with E-state index in [4.69, 9.17) is 0 Å². The average Bonchev–Trinajstić information content (AvgIpc) is 3.17. The van der Waals surface area contributed by atoms with Gasteiger partial charge in [-0.25, -0.2) is 8.42 Å². The molecule has 1 unspecified atom stereocenters. The zero-order chi connectivity index (χ0) is 24.6. The van der Waals surface area contributed by atoms with Crippen LogP contribution in [-0.2, 0) is 32.6 Å². The van der Waals surface area contributed by atoms with Crippen molar-refractivity contribution in [3.8, 4) is 0 Å². The molecule has 1 aromatic heterocycles. The zero-order valence-corrected chi connectivity index (χ0v) is 20.8. The lowest BCUT2D eigenvalue weighted by Crippen LogP contribution is -2.43. The minimum atomic E-state index is -3.66. The molecule has 1 saturated carbocycles. The van der Waals surface area contributed by atoms with Gasteiger partial charge < -0.3 is 10.2 Å². The molecule has 1 N–H and O–H groups in total. The average molecular weight is 497 g/mol. The molecule has 2 aliphatic heterocycles. The van der Waals surface area contributed by atoms with Gasteiger partial charge in [0, 0.05) is 55.6 Å². The number of benzene rings is 1. The Bertz CT molecular complexity index is 1210. The van der Waals surface area contributed by atoms with E-state index in [0.717, 1.165) is 36.1 Å². The van der Waals surface area contributed by atoms with E-state index in [2.05, 4.69) is 10.3 Å². The molecule has 186 valence electrons. The van der Waals surface area contributed by atoms with Gasteiger partial charge in [0.05, 0.1) is 4.90 Å². The summed E-state index contributed by atoms with van der Waals surface area (Å²) in [4.78, 5) is 31.7. The van der Waals surface area contributed by atoms with Crippen LogP contribution in [0, 0.1) is 11.8 Å². The van der Waals surface area contributed by atoms with Crippen LogP contribution in [0.25, 0.3) is 0 Å². The maximum Gasteiger partial charge on any atom is 0.243 e. The van der Waals surface area contributed by atoms with Gasteiger partial charge in [-0.15, -0.1) is 0 Å². The fourth-order valence-electron chi connectivity index (χ4n) is 5.30. The molecule has 0 spiro atoms. The van der Waals surface area contributed by atoms with Gasteiger partial charge in [0.15, 0.2) is 0 Å². The highest BCUT2D eigenvalue weighted by atomic mass is 32.2. The Labute approximate surface area is 206 Å². The van der Waals surface area contributed by atoms with Crippen LogP contribution in [0.2, 0.25) is 0 Å². The van der Waals surface area contributed by atoms with E-state index in [1.54, 1.807) is 30.6 Å². The van der Waals surface area contributed by atoms with Gasteiger partial charge in [-0.1, -0.05) is 12.5 Å². The number of hydrogen-bond donors (Lipinski definition) is 1. The third-order valence-corrected chi connectivity index (χ3v) is 9.51. The number of anilines is 1. The van der Waals surface area contributed by atoms with Crippen LogP contribution >= 0.6 is 0 Å². The second kappa shape index (κ2) is 9.70. The van der Waals surface area contributed by atoms with Crippen LogP contribution in [0.1, 0.15) is 50.2 Å². The molecule has 2 fully saturated rings. The van der Waals surface area contributed by atoms with Gasteiger partial charge in [0.1, 0.15) is 0 Å². The third-order valence-electron chi connectivity index (χ3n) is 7.61. The number of sulfonamides is 1. The lowest BCUT2D eigenvalue weighted by molar-refractivity contribution is -0.126. The van der Waals surface area contributed by atoms with Gasteiger partial charge in [0.25, 0.3) is 0 Å². The Kier molecular flexibility index (Phi) is 6.63. The number of amides is 2. The Morgan fingerprint density at radius 1 is 1.09 bits per heavy atom. The summed E-state index contributed by atoms with van der Waals surface area (Å²) in [5, 5.41) is 2.94. The number of rotatable bonds is 6. The summed E-state index contributed by atoms with van der Waals surface area (Å²) in [6.45, 7) is 3.06. The van der Waals surface area contributed by atoms with Crippen LogP contribution < -0.4 is 10.2 Å². The molecule has 1 saturated heterocycles. The number of fused-ring (bicyclic) bond motifs is 1. The summed E-state index contributed by atoms with van der Waals surface area (Å²) in [6.07, 6.45) is 8.04. The molecular formula is C26H32N4O4S. The number of piperidine rings is 1. The van der Waals surface area contributed by atoms with Crippen LogP contribution in [0.5, 0.6) is 0 Å². The SMILES string of the molecule is CC1Cc2cc(S(=O)(=O)N3CCC(C(=O)NCc4cccnc4)CC3)ccc2N1C(=O)C1CCC1. The largest absolute Gasteiger partial charge is 0.352 e. The second-order valence-electron chi connectivity index (χ2n) is 9.94. The van der Waals surface area contributed by atoms with E-state index in [1.165, 1.54) is 4.31 Å². The van der Waals surface area contributed by atoms with E-state index >= 15 is 0 Å². The minimum Gasteiger partial charge on any atom is -0.352 e. The second-order valence-corrected chi connectivity index (χ2v) is 11.9. The summed E-state index contributed by atoms with van der Waals surface area (Å²) < 4.78 is 28.2. The highest BCUT2D eigenvalue weighted by Gasteiger charge is 2.38. The summed E-state index contributed by atoms with van der Waals surface area (Å²) in [5.41, 5.74) is 2.69. The Hall–Kier alpha value is -2.78. The van der Waals surface area contributed by atoms with Crippen molar-refractivity contribution in [1.82, 2.24) is 14.6 Å². The van der Waals surface area contributed by atoms with Gasteiger partial charge in [0.2, 0.25) is 21.8 Å². The maximum atomic E-state index is 13.4. The normalized spacial score (nSPS) is 21.4. The highest BCUT2D eigenvalue weighted by Crippen LogP contribution is 2.38. The zero-order valence-electron chi connectivity index (χ0n) is 20.0. The molecule has 2 amide bonds. The smallest absolute Gasteiger partial charge is 0.243 e. The maximum absolute atomic E-state index is 13.4. The van der Waals surface area contributed by atoms with Crippen molar-refractivity contribution in [1.29, 1.82) is 0 Å². The van der Waals surface area contributed by atoms with E-state index < -0.39 is 10.0 Å². The van der Waals surface area contributed by atoms with Gasteiger partial charge in [-0.05, 0) is 74.4 Å². The Morgan fingerprint density at radius 3 is 2.51 bits per heavy atom. The summed E-state index contributed by atoms with van der Waals surface area (Å²) in [6, 6.07) is 8.93. The first-order valence-corrected chi connectivity index (χ1v) is 13.9. The molecule has 5 rings (SSSR count). The van der Waals surface area contributed by atoms with Crippen LogP contribution in [0.3, 0.4) is 0 Å². The fourth-order valence-corrected chi connectivity index (χ4v) is 6.82. The molecule has 3 heterocycles. The molecule has 1 aliphatic carbocycles. The van der Waals surface area contributed by atoms with E-state index in [-0.39, 0.29) is 34.6 Å². The van der Waals surface area contributed by atoms with Crippen molar-refractivity contribution in [2.75, 3.05) is 18.0 Å². The first kappa shape index (κ1) is 23.9. The predicted molar refractivity (Wildman–Crippen MR) is 132 cm³/mol. The first-order valence-electron chi connectivity index (χ1n) is 12.5. The van der Waals surface area contributed by atoms with Crippen LogP contribution in [0.15, 0.2) is 47.6 Å². The van der Waals surface area contributed by atoms with Crippen molar-refractivity contribution in [3.05, 3.63) is 53.9 Å². The van der Waals surface area contributed by atoms with Gasteiger partial charge in [-0.3, -0.25) is 14.6 Å². The minimum absolute atomic E-state index is 0.0389. The standard InChI is InChI=1S/C26H32N4O4S/c1-18-14-22-15-23(7-8-24(22)30(18)26(32)21-5-2-6-21)35(33,34)29-12-9-20(10-13-29)25(31)28-17-19-4-3-11-27-16-19/h3-4,7-8,11,15-16,18,20-21H,2,5-6,9-10,12-14,17H2,1H3,(H,28,31). The molecule has 0 radical (unpaired) electrons. The lowest BCUT2D eigenvalue weighted by Gasteiger charge is -2.32. The monoisotopic (exact) mass is 496 g/mol. The molecule has 35 heavy (non-hydrogen) atoms. The third kappa shape index (κ3) is 4.71. The van der Waals surface area contributed by atoms with Crippen LogP contribution in [0.4, 0.5) is 5.69 Å². The number of carbonyl (C=O) groups is 2. The van der Waals surface area contributed by atoms with Crippen LogP contribution in [-0.4, -0.2) is 48.7 Å². The molecule has 1 atom stereocenters. The number of pyridine rings is 1. The topological polar surface area (TPSA) is 99.7 Å². The number of carbonyl (C=O) groups excluding carboxylic acids is 2. The summed E-state index contributed by atoms with van der Waals surface area (Å²) in [7, 11) is -3.66. The number of nitrogens with one attached hydrogen (secondary N) is 1. The molecule has 8 nitrogen and oxygen atoms in total. The Balaban J connectivity index is 1.22. The number of aromatic nitrogens is 1. The highest BCUT2D eigenvalue weighted by molar-refractivity contribution is 7.89. The van der Waals surface area contributed by atoms with Gasteiger partial charge in [-0.2, -0.15) is 4.31 Å². The van der Waals surface area contributed by atoms with E-state index in [1.807, 2.05) is 24.0 Å². The van der Waals surface area contributed by atoms with Crippen molar-refractivity contribution in [2.24, 2.45) is 11.8 Å². The van der Waals surface area contributed by atoms with E-state index in [0.29, 0.717) is 38.9 Å². The quantitative estimate of drug-likeness (QED) is 0.663. The summed E-state index contributed by atoms with van der Waals surface area (Å²) >= 11 is 0. The number of nitrogens with zero attached hydrogens (tertiary/aromatic N) is 3. The van der Waals surface area contributed by atoms with Crippen molar-refractivity contribution in [2.45, 2.75) is 62.9 Å². The molecule has 0 bridgehead atoms. The molecule has 3 aliphatic rings. The van der Waals surface area contributed by atoms with Crippen molar-refractivity contribution in [3.63, 3.8) is 0 Å². The Morgan fingerprint density at radius 2 is 1.86 bits per heavy atom. The lowest BCUT2D eigenvalue weighted by atomic mass is 9.84. The molecule has 9 heteroatoms. The van der Waals surface area contributed by atoms with E-state index in [9.17, 15) is 18.0 Å². The predicted octanol–water partition coefficient (Wildman–Crippen LogP) is 2.88. The van der Waals surface area contributed by atoms with Crippen molar-refractivity contribution < 1.29 is 18.0 Å². The first-order chi connectivity index (χ1) is 16.8. The molecule has 2 aromatic rings. The summed E-state index contributed by atoms with van der Waals surface area (Å²) in [5.74, 6) is 0.0235. The number of hydrogen-bond acceptors (Lipinski definition) is 5. The molecular weight excluding hydrogens is 464 g/mol. The van der Waals surface area contributed by atoms with Gasteiger partial charge >= 0.3 is 0 Å².